The third-order valence-electron chi connectivity index (χ3n) is 1.82. The zero-order valence-corrected chi connectivity index (χ0v) is 10.8. The van der Waals surface area contributed by atoms with Gasteiger partial charge in [0.15, 0.2) is 0 Å². The van der Waals surface area contributed by atoms with Crippen molar-refractivity contribution in [2.75, 3.05) is 18.5 Å². The second-order valence-corrected chi connectivity index (χ2v) is 4.02. The molecule has 1 heterocycles. The van der Waals surface area contributed by atoms with Crippen molar-refractivity contribution >= 4 is 17.5 Å². The van der Waals surface area contributed by atoms with Crippen molar-refractivity contribution in [1.29, 1.82) is 5.26 Å². The van der Waals surface area contributed by atoms with Crippen LogP contribution < -0.4 is 9.64 Å². The van der Waals surface area contributed by atoms with Crippen LogP contribution in [-0.2, 0) is 0 Å². The van der Waals surface area contributed by atoms with Crippen molar-refractivity contribution in [3.8, 4) is 12.1 Å². The van der Waals surface area contributed by atoms with Gasteiger partial charge in [0.05, 0.1) is 18.6 Å². The maximum absolute atomic E-state index is 8.51. The maximum atomic E-state index is 8.51. The summed E-state index contributed by atoms with van der Waals surface area (Å²) in [4.78, 5) is 13.7. The van der Waals surface area contributed by atoms with Gasteiger partial charge in [0.2, 0.25) is 11.2 Å². The van der Waals surface area contributed by atoms with Crippen molar-refractivity contribution < 1.29 is 4.74 Å². The lowest BCUT2D eigenvalue weighted by Gasteiger charge is -2.16. The Morgan fingerprint density at radius 1 is 1.41 bits per heavy atom. The van der Waals surface area contributed by atoms with Gasteiger partial charge < -0.3 is 9.64 Å². The number of nitriles is 1. The highest BCUT2D eigenvalue weighted by Crippen LogP contribution is 2.15. The summed E-state index contributed by atoms with van der Waals surface area (Å²) in [6, 6.07) is 2.25. The normalized spacial score (nSPS) is 10.1. The van der Waals surface area contributed by atoms with Crippen LogP contribution in [0.15, 0.2) is 0 Å². The van der Waals surface area contributed by atoms with Crippen molar-refractivity contribution in [3.05, 3.63) is 5.28 Å². The summed E-state index contributed by atoms with van der Waals surface area (Å²) in [5.41, 5.74) is 0. The van der Waals surface area contributed by atoms with E-state index in [-0.39, 0.29) is 17.4 Å². The van der Waals surface area contributed by atoms with E-state index in [9.17, 15) is 0 Å². The van der Waals surface area contributed by atoms with Gasteiger partial charge in [-0.3, -0.25) is 0 Å². The van der Waals surface area contributed by atoms with Crippen molar-refractivity contribution in [2.45, 2.75) is 26.4 Å². The Morgan fingerprint density at radius 2 is 2.12 bits per heavy atom. The molecule has 0 saturated carbocycles. The molecule has 0 radical (unpaired) electrons. The van der Waals surface area contributed by atoms with E-state index in [0.717, 1.165) is 0 Å². The minimum Gasteiger partial charge on any atom is -0.461 e. The van der Waals surface area contributed by atoms with Crippen LogP contribution >= 0.6 is 11.6 Å². The zero-order valence-electron chi connectivity index (χ0n) is 10.0. The van der Waals surface area contributed by atoms with Crippen molar-refractivity contribution in [1.82, 2.24) is 15.0 Å². The molecule has 1 rings (SSSR count). The van der Waals surface area contributed by atoms with Crippen LogP contribution in [-0.4, -0.2) is 34.6 Å². The van der Waals surface area contributed by atoms with E-state index in [4.69, 9.17) is 21.6 Å². The molecule has 0 N–H and O–H groups in total. The molecule has 0 aliphatic carbocycles. The molecule has 1 aromatic rings. The number of hydrogen-bond donors (Lipinski definition) is 0. The first-order valence-corrected chi connectivity index (χ1v) is 5.57. The molecule has 0 bridgehead atoms. The SMILES string of the molecule is CC(C)Oc1nc(Cl)nc(N(C)CCC#N)n1. The first-order chi connectivity index (χ1) is 8.02. The Balaban J connectivity index is 2.85. The highest BCUT2D eigenvalue weighted by Gasteiger charge is 2.10. The Bertz CT molecular complexity index is 418. The summed E-state index contributed by atoms with van der Waals surface area (Å²) < 4.78 is 5.35. The monoisotopic (exact) mass is 255 g/mol. The number of anilines is 1. The predicted octanol–water partition coefficient (Wildman–Crippen LogP) is 1.66. The minimum absolute atomic E-state index is 0.0364. The van der Waals surface area contributed by atoms with E-state index in [0.29, 0.717) is 18.9 Å². The van der Waals surface area contributed by atoms with Gasteiger partial charge in [0.1, 0.15) is 0 Å². The van der Waals surface area contributed by atoms with Crippen LogP contribution in [0.25, 0.3) is 0 Å². The van der Waals surface area contributed by atoms with Gasteiger partial charge in [-0.15, -0.1) is 0 Å². The molecule has 0 fully saturated rings. The molecule has 1 aromatic heterocycles. The summed E-state index contributed by atoms with van der Waals surface area (Å²) in [6.45, 7) is 4.27. The molecule has 92 valence electrons. The number of aromatic nitrogens is 3. The molecule has 0 atom stereocenters. The molecule has 0 spiro atoms. The first-order valence-electron chi connectivity index (χ1n) is 5.19. The van der Waals surface area contributed by atoms with Gasteiger partial charge in [-0.2, -0.15) is 20.2 Å². The molecule has 7 heteroatoms. The van der Waals surface area contributed by atoms with Crippen molar-refractivity contribution in [3.63, 3.8) is 0 Å². The zero-order chi connectivity index (χ0) is 12.8. The molecule has 17 heavy (non-hydrogen) atoms. The van der Waals surface area contributed by atoms with E-state index in [1.807, 2.05) is 13.8 Å². The fraction of sp³-hybridized carbons (Fsp3) is 0.600. The molecule has 0 amide bonds. The average molecular weight is 256 g/mol. The molecule has 0 aliphatic rings. The van der Waals surface area contributed by atoms with Crippen LogP contribution in [0.2, 0.25) is 5.28 Å². The Morgan fingerprint density at radius 3 is 2.71 bits per heavy atom. The van der Waals surface area contributed by atoms with E-state index >= 15 is 0 Å². The number of nitrogens with zero attached hydrogens (tertiary/aromatic N) is 5. The maximum Gasteiger partial charge on any atom is 0.322 e. The average Bonchev–Trinajstić information content (AvgIpc) is 2.24. The van der Waals surface area contributed by atoms with Crippen LogP contribution in [0.5, 0.6) is 6.01 Å². The Labute approximate surface area is 105 Å². The molecule has 0 unspecified atom stereocenters. The van der Waals surface area contributed by atoms with E-state index in [1.54, 1.807) is 11.9 Å². The van der Waals surface area contributed by atoms with Gasteiger partial charge >= 0.3 is 6.01 Å². The lowest BCUT2D eigenvalue weighted by Crippen LogP contribution is -2.22. The molecular weight excluding hydrogens is 242 g/mol. The fourth-order valence-corrected chi connectivity index (χ4v) is 1.22. The summed E-state index contributed by atoms with van der Waals surface area (Å²) in [7, 11) is 1.78. The van der Waals surface area contributed by atoms with Gasteiger partial charge in [-0.05, 0) is 25.4 Å². The van der Waals surface area contributed by atoms with Crippen LogP contribution in [0.4, 0.5) is 5.95 Å². The van der Waals surface area contributed by atoms with Gasteiger partial charge in [0.25, 0.3) is 0 Å². The first kappa shape index (κ1) is 13.5. The third-order valence-corrected chi connectivity index (χ3v) is 1.99. The van der Waals surface area contributed by atoms with E-state index < -0.39 is 0 Å². The van der Waals surface area contributed by atoms with Crippen LogP contribution in [0.3, 0.4) is 0 Å². The topological polar surface area (TPSA) is 74.9 Å². The number of rotatable bonds is 5. The lowest BCUT2D eigenvalue weighted by molar-refractivity contribution is 0.221. The molecule has 6 nitrogen and oxygen atoms in total. The lowest BCUT2D eigenvalue weighted by atomic mass is 10.4. The van der Waals surface area contributed by atoms with E-state index in [1.165, 1.54) is 0 Å². The molecule has 0 saturated heterocycles. The van der Waals surface area contributed by atoms with Gasteiger partial charge in [-0.25, -0.2) is 0 Å². The van der Waals surface area contributed by atoms with Crippen molar-refractivity contribution in [2.24, 2.45) is 0 Å². The van der Waals surface area contributed by atoms with Crippen LogP contribution in [0.1, 0.15) is 20.3 Å². The second-order valence-electron chi connectivity index (χ2n) is 3.68. The summed E-state index contributed by atoms with van der Waals surface area (Å²) >= 11 is 5.78. The summed E-state index contributed by atoms with van der Waals surface area (Å²) in [5, 5.41) is 8.59. The standard InChI is InChI=1S/C10H14ClN5O/c1-7(2)17-10-14-8(11)13-9(15-10)16(3)6-4-5-12/h7H,4,6H2,1-3H3. The quantitative estimate of drug-likeness (QED) is 0.797. The smallest absolute Gasteiger partial charge is 0.322 e. The molecule has 0 aliphatic heterocycles. The largest absolute Gasteiger partial charge is 0.461 e. The van der Waals surface area contributed by atoms with E-state index in [2.05, 4.69) is 21.0 Å². The molecule has 0 aromatic carbocycles. The second kappa shape index (κ2) is 6.21. The highest BCUT2D eigenvalue weighted by molar-refractivity contribution is 6.28. The summed E-state index contributed by atoms with van der Waals surface area (Å²) in [5.74, 6) is 0.399. The van der Waals surface area contributed by atoms with Gasteiger partial charge in [0, 0.05) is 13.6 Å². The fourth-order valence-electron chi connectivity index (χ4n) is 1.07. The summed E-state index contributed by atoms with van der Waals surface area (Å²) in [6.07, 6.45) is 0.353. The number of ether oxygens (including phenoxy) is 1. The predicted molar refractivity (Wildman–Crippen MR) is 64.1 cm³/mol. The van der Waals surface area contributed by atoms with Gasteiger partial charge in [-0.1, -0.05) is 0 Å². The Kier molecular flexibility index (Phi) is 4.91. The molecular formula is C10H14ClN5O. The highest BCUT2D eigenvalue weighted by atomic mass is 35.5. The number of halogens is 1. The van der Waals surface area contributed by atoms with Crippen LogP contribution in [0, 0.1) is 11.3 Å². The number of hydrogen-bond acceptors (Lipinski definition) is 6. The Hall–Kier alpha value is -1.61. The third kappa shape index (κ3) is 4.41. The minimum atomic E-state index is -0.0364.